The SMILES string of the molecule is CCc1ccc(C(=O)COC(=O)c2c(-c3ccccc3)noc2C)cc1. The van der Waals surface area contributed by atoms with Gasteiger partial charge in [-0.3, -0.25) is 4.79 Å². The molecule has 0 spiro atoms. The summed E-state index contributed by atoms with van der Waals surface area (Å²) in [6.07, 6.45) is 0.901. The van der Waals surface area contributed by atoms with Gasteiger partial charge in [-0.25, -0.2) is 4.79 Å². The molecule has 2 aromatic carbocycles. The number of nitrogens with zero attached hydrogens (tertiary/aromatic N) is 1. The van der Waals surface area contributed by atoms with Crippen molar-refractivity contribution in [3.8, 4) is 11.3 Å². The van der Waals surface area contributed by atoms with Crippen LogP contribution in [0.4, 0.5) is 0 Å². The molecule has 3 aromatic rings. The highest BCUT2D eigenvalue weighted by Crippen LogP contribution is 2.25. The number of aromatic nitrogens is 1. The minimum atomic E-state index is -0.624. The normalized spacial score (nSPS) is 10.5. The standard InChI is InChI=1S/C21H19NO4/c1-3-15-9-11-16(12-10-15)18(23)13-25-21(24)19-14(2)26-22-20(19)17-7-5-4-6-8-17/h4-12H,3,13H2,1-2H3. The number of rotatable bonds is 6. The van der Waals surface area contributed by atoms with Crippen molar-refractivity contribution in [2.24, 2.45) is 0 Å². The second-order valence-corrected chi connectivity index (χ2v) is 5.88. The van der Waals surface area contributed by atoms with Gasteiger partial charge < -0.3 is 9.26 Å². The van der Waals surface area contributed by atoms with E-state index in [2.05, 4.69) is 5.16 Å². The third-order valence-electron chi connectivity index (χ3n) is 4.13. The Kier molecular flexibility index (Phi) is 5.27. The number of Topliss-reactive ketones (excluding diaryl/α,β-unsaturated/α-hetero) is 1. The molecule has 0 amide bonds. The molecule has 0 N–H and O–H groups in total. The van der Waals surface area contributed by atoms with Gasteiger partial charge in [-0.1, -0.05) is 66.7 Å². The summed E-state index contributed by atoms with van der Waals surface area (Å²) in [6.45, 7) is 3.36. The number of ether oxygens (including phenoxy) is 1. The summed E-state index contributed by atoms with van der Waals surface area (Å²) in [5.74, 6) is -0.522. The summed E-state index contributed by atoms with van der Waals surface area (Å²) in [7, 11) is 0. The van der Waals surface area contributed by atoms with Crippen LogP contribution in [0.25, 0.3) is 11.3 Å². The molecule has 0 aliphatic heterocycles. The second-order valence-electron chi connectivity index (χ2n) is 5.88. The summed E-state index contributed by atoms with van der Waals surface area (Å²) in [5.41, 5.74) is 3.06. The molecule has 0 radical (unpaired) electrons. The molecule has 0 saturated carbocycles. The summed E-state index contributed by atoms with van der Waals surface area (Å²) in [6, 6.07) is 16.5. The molecular weight excluding hydrogens is 330 g/mol. The number of esters is 1. The van der Waals surface area contributed by atoms with Crippen LogP contribution < -0.4 is 0 Å². The number of carbonyl (C=O) groups excluding carboxylic acids is 2. The molecular formula is C21H19NO4. The van der Waals surface area contributed by atoms with Crippen molar-refractivity contribution in [2.45, 2.75) is 20.3 Å². The first-order valence-corrected chi connectivity index (χ1v) is 8.41. The quantitative estimate of drug-likeness (QED) is 0.491. The molecule has 5 nitrogen and oxygen atoms in total. The number of aryl methyl sites for hydroxylation is 2. The minimum Gasteiger partial charge on any atom is -0.454 e. The van der Waals surface area contributed by atoms with Gasteiger partial charge in [0, 0.05) is 11.1 Å². The van der Waals surface area contributed by atoms with Crippen LogP contribution in [0.5, 0.6) is 0 Å². The van der Waals surface area contributed by atoms with Gasteiger partial charge in [0.2, 0.25) is 0 Å². The van der Waals surface area contributed by atoms with Gasteiger partial charge in [0.1, 0.15) is 17.0 Å². The first-order chi connectivity index (χ1) is 12.6. The summed E-state index contributed by atoms with van der Waals surface area (Å²) in [4.78, 5) is 24.7. The molecule has 5 heteroatoms. The largest absolute Gasteiger partial charge is 0.454 e. The number of hydrogen-bond acceptors (Lipinski definition) is 5. The van der Waals surface area contributed by atoms with E-state index in [0.717, 1.165) is 17.5 Å². The average molecular weight is 349 g/mol. The Balaban J connectivity index is 1.72. The van der Waals surface area contributed by atoms with Crippen LogP contribution in [0.3, 0.4) is 0 Å². The van der Waals surface area contributed by atoms with Crippen LogP contribution >= 0.6 is 0 Å². The second kappa shape index (κ2) is 7.78. The highest BCUT2D eigenvalue weighted by Gasteiger charge is 2.23. The van der Waals surface area contributed by atoms with E-state index in [-0.39, 0.29) is 18.0 Å². The lowest BCUT2D eigenvalue weighted by atomic mass is 10.1. The molecule has 0 atom stereocenters. The van der Waals surface area contributed by atoms with Crippen LogP contribution in [0.1, 0.15) is 39.0 Å². The zero-order valence-corrected chi connectivity index (χ0v) is 14.7. The third kappa shape index (κ3) is 3.72. The molecule has 0 aliphatic carbocycles. The van der Waals surface area contributed by atoms with Crippen LogP contribution in [0.2, 0.25) is 0 Å². The maximum Gasteiger partial charge on any atom is 0.344 e. The zero-order valence-electron chi connectivity index (χ0n) is 14.7. The number of hydrogen-bond donors (Lipinski definition) is 0. The molecule has 0 saturated heterocycles. The molecule has 0 aliphatic rings. The van der Waals surface area contributed by atoms with Gasteiger partial charge >= 0.3 is 5.97 Å². The highest BCUT2D eigenvalue weighted by molar-refractivity contribution is 6.01. The van der Waals surface area contributed by atoms with E-state index in [1.54, 1.807) is 19.1 Å². The Morgan fingerprint density at radius 3 is 2.38 bits per heavy atom. The van der Waals surface area contributed by atoms with Crippen molar-refractivity contribution in [1.29, 1.82) is 0 Å². The molecule has 0 bridgehead atoms. The Morgan fingerprint density at radius 1 is 1.04 bits per heavy atom. The van der Waals surface area contributed by atoms with Gasteiger partial charge in [0.05, 0.1) is 0 Å². The highest BCUT2D eigenvalue weighted by atomic mass is 16.5. The predicted octanol–water partition coefficient (Wildman–Crippen LogP) is 4.25. The molecule has 132 valence electrons. The molecule has 26 heavy (non-hydrogen) atoms. The number of carbonyl (C=O) groups is 2. The zero-order chi connectivity index (χ0) is 18.5. The lowest BCUT2D eigenvalue weighted by Crippen LogP contribution is -2.15. The number of benzene rings is 2. The Hall–Kier alpha value is -3.21. The van der Waals surface area contributed by atoms with Crippen LogP contribution in [0, 0.1) is 6.92 Å². The van der Waals surface area contributed by atoms with E-state index in [4.69, 9.17) is 9.26 Å². The molecule has 0 unspecified atom stereocenters. The monoisotopic (exact) mass is 349 g/mol. The van der Waals surface area contributed by atoms with E-state index in [0.29, 0.717) is 17.0 Å². The maximum atomic E-state index is 12.5. The van der Waals surface area contributed by atoms with Crippen molar-refractivity contribution < 1.29 is 18.8 Å². The fraction of sp³-hybridized carbons (Fsp3) is 0.190. The first-order valence-electron chi connectivity index (χ1n) is 8.41. The average Bonchev–Trinajstić information content (AvgIpc) is 3.08. The van der Waals surface area contributed by atoms with Crippen molar-refractivity contribution in [3.05, 3.63) is 77.0 Å². The van der Waals surface area contributed by atoms with Crippen LogP contribution in [0.15, 0.2) is 59.1 Å². The van der Waals surface area contributed by atoms with Gasteiger partial charge in [-0.05, 0) is 18.9 Å². The van der Waals surface area contributed by atoms with Gasteiger partial charge in [-0.2, -0.15) is 0 Å². The van der Waals surface area contributed by atoms with E-state index in [1.807, 2.05) is 49.4 Å². The smallest absolute Gasteiger partial charge is 0.344 e. The molecule has 1 aromatic heterocycles. The summed E-state index contributed by atoms with van der Waals surface area (Å²) in [5, 5.41) is 3.95. The molecule has 0 fully saturated rings. The van der Waals surface area contributed by atoms with Crippen LogP contribution in [-0.4, -0.2) is 23.5 Å². The lowest BCUT2D eigenvalue weighted by Gasteiger charge is -2.06. The summed E-state index contributed by atoms with van der Waals surface area (Å²) >= 11 is 0. The van der Waals surface area contributed by atoms with E-state index >= 15 is 0 Å². The lowest BCUT2D eigenvalue weighted by molar-refractivity contribution is 0.0473. The van der Waals surface area contributed by atoms with Crippen molar-refractivity contribution >= 4 is 11.8 Å². The maximum absolute atomic E-state index is 12.5. The minimum absolute atomic E-state index is 0.241. The Morgan fingerprint density at radius 2 is 1.73 bits per heavy atom. The Labute approximate surface area is 151 Å². The van der Waals surface area contributed by atoms with Gasteiger partial charge in [0.25, 0.3) is 0 Å². The molecule has 3 rings (SSSR count). The predicted molar refractivity (Wildman–Crippen MR) is 97.1 cm³/mol. The fourth-order valence-corrected chi connectivity index (χ4v) is 2.62. The third-order valence-corrected chi connectivity index (χ3v) is 4.13. The van der Waals surface area contributed by atoms with Crippen molar-refractivity contribution in [1.82, 2.24) is 5.16 Å². The van der Waals surface area contributed by atoms with E-state index in [9.17, 15) is 9.59 Å². The topological polar surface area (TPSA) is 69.4 Å². The fourth-order valence-electron chi connectivity index (χ4n) is 2.62. The first kappa shape index (κ1) is 17.6. The number of ketones is 1. The Bertz CT molecular complexity index is 911. The van der Waals surface area contributed by atoms with Gasteiger partial charge in [-0.15, -0.1) is 0 Å². The van der Waals surface area contributed by atoms with E-state index < -0.39 is 5.97 Å². The van der Waals surface area contributed by atoms with E-state index in [1.165, 1.54) is 0 Å². The molecule has 1 heterocycles. The van der Waals surface area contributed by atoms with Crippen molar-refractivity contribution in [3.63, 3.8) is 0 Å². The van der Waals surface area contributed by atoms with Crippen LogP contribution in [-0.2, 0) is 11.2 Å². The van der Waals surface area contributed by atoms with Gasteiger partial charge in [0.15, 0.2) is 12.4 Å². The van der Waals surface area contributed by atoms with Crippen molar-refractivity contribution in [2.75, 3.05) is 6.61 Å². The summed E-state index contributed by atoms with van der Waals surface area (Å²) < 4.78 is 10.4.